The summed E-state index contributed by atoms with van der Waals surface area (Å²) in [7, 11) is 0. The molecule has 4 nitrogen and oxygen atoms in total. The van der Waals surface area contributed by atoms with Crippen molar-refractivity contribution in [1.29, 1.82) is 0 Å². The highest BCUT2D eigenvalue weighted by Gasteiger charge is 2.23. The molecular weight excluding hydrogens is 357 g/mol. The van der Waals surface area contributed by atoms with Crippen molar-refractivity contribution in [3.8, 4) is 0 Å². The van der Waals surface area contributed by atoms with Gasteiger partial charge in [-0.25, -0.2) is 4.79 Å². The number of halogens is 1. The smallest absolute Gasteiger partial charge is 0.328 e. The maximum Gasteiger partial charge on any atom is 0.328 e. The Balaban J connectivity index is 2.61. The second kappa shape index (κ2) is 6.36. The molecule has 0 aliphatic rings. The summed E-state index contributed by atoms with van der Waals surface area (Å²) < 4.78 is 6.25. The summed E-state index contributed by atoms with van der Waals surface area (Å²) >= 11 is 2.16. The van der Waals surface area contributed by atoms with Gasteiger partial charge in [0.25, 0.3) is 5.91 Å². The average Bonchev–Trinajstić information content (AvgIpc) is 2.27. The van der Waals surface area contributed by atoms with Gasteiger partial charge < -0.3 is 10.1 Å². The number of amides is 1. The number of carbonyl (C=O) groups is 2. The van der Waals surface area contributed by atoms with E-state index >= 15 is 0 Å². The van der Waals surface area contributed by atoms with Gasteiger partial charge in [0.15, 0.2) is 0 Å². The SMILES string of the molecule is C[C@@H](NC(=O)c1ccc(I)cc1)C(=O)OC(C)(C)C. The van der Waals surface area contributed by atoms with Crippen LogP contribution in [0, 0.1) is 3.57 Å². The first-order valence-corrected chi connectivity index (χ1v) is 7.06. The molecule has 5 heteroatoms. The standard InChI is InChI=1S/C14H18INO3/c1-9(13(18)19-14(2,3)4)16-12(17)10-5-7-11(15)8-6-10/h5-9H,1-4H3,(H,16,17)/t9-/m1/s1. The van der Waals surface area contributed by atoms with Crippen molar-refractivity contribution in [2.45, 2.75) is 39.3 Å². The molecule has 1 amide bonds. The van der Waals surface area contributed by atoms with E-state index in [4.69, 9.17) is 4.74 Å². The molecule has 0 aromatic heterocycles. The van der Waals surface area contributed by atoms with Gasteiger partial charge in [-0.1, -0.05) is 0 Å². The topological polar surface area (TPSA) is 55.4 Å². The highest BCUT2D eigenvalue weighted by molar-refractivity contribution is 14.1. The minimum absolute atomic E-state index is 0.283. The second-order valence-electron chi connectivity index (χ2n) is 5.24. The first kappa shape index (κ1) is 15.9. The lowest BCUT2D eigenvalue weighted by atomic mass is 10.2. The number of nitrogens with one attached hydrogen (secondary N) is 1. The number of rotatable bonds is 3. The number of hydrogen-bond donors (Lipinski definition) is 1. The van der Waals surface area contributed by atoms with Gasteiger partial charge in [0.1, 0.15) is 11.6 Å². The Morgan fingerprint density at radius 1 is 1.21 bits per heavy atom. The lowest BCUT2D eigenvalue weighted by Crippen LogP contribution is -2.42. The predicted octanol–water partition coefficient (Wildman–Crippen LogP) is 2.75. The molecule has 104 valence electrons. The van der Waals surface area contributed by atoms with E-state index in [2.05, 4.69) is 27.9 Å². The Morgan fingerprint density at radius 3 is 2.21 bits per heavy atom. The van der Waals surface area contributed by atoms with Crippen molar-refractivity contribution in [2.24, 2.45) is 0 Å². The second-order valence-corrected chi connectivity index (χ2v) is 6.48. The van der Waals surface area contributed by atoms with E-state index in [0.717, 1.165) is 3.57 Å². The Hall–Kier alpha value is -1.11. The van der Waals surface area contributed by atoms with Gasteiger partial charge in [-0.2, -0.15) is 0 Å². The normalized spacial score (nSPS) is 12.7. The van der Waals surface area contributed by atoms with Crippen molar-refractivity contribution < 1.29 is 14.3 Å². The molecule has 0 spiro atoms. The van der Waals surface area contributed by atoms with E-state index in [1.165, 1.54) is 0 Å². The van der Waals surface area contributed by atoms with Crippen molar-refractivity contribution >= 4 is 34.5 Å². The monoisotopic (exact) mass is 375 g/mol. The number of hydrogen-bond acceptors (Lipinski definition) is 3. The molecule has 1 rings (SSSR count). The fourth-order valence-electron chi connectivity index (χ4n) is 1.33. The van der Waals surface area contributed by atoms with Gasteiger partial charge in [-0.3, -0.25) is 4.79 Å². The lowest BCUT2D eigenvalue weighted by Gasteiger charge is -2.22. The number of carbonyl (C=O) groups excluding carboxylic acids is 2. The fourth-order valence-corrected chi connectivity index (χ4v) is 1.69. The third kappa shape index (κ3) is 5.59. The van der Waals surface area contributed by atoms with Gasteiger partial charge in [0.2, 0.25) is 0 Å². The van der Waals surface area contributed by atoms with Crippen molar-refractivity contribution in [3.63, 3.8) is 0 Å². The highest BCUT2D eigenvalue weighted by atomic mass is 127. The molecule has 0 heterocycles. The van der Waals surface area contributed by atoms with Crippen LogP contribution in [-0.4, -0.2) is 23.5 Å². The van der Waals surface area contributed by atoms with Crippen LogP contribution < -0.4 is 5.32 Å². The lowest BCUT2D eigenvalue weighted by molar-refractivity contribution is -0.156. The summed E-state index contributed by atoms with van der Waals surface area (Å²) in [6.07, 6.45) is 0. The van der Waals surface area contributed by atoms with Crippen LogP contribution in [0.25, 0.3) is 0 Å². The maximum atomic E-state index is 11.9. The summed E-state index contributed by atoms with van der Waals surface area (Å²) in [6.45, 7) is 6.98. The Labute approximate surface area is 127 Å². The molecule has 0 saturated carbocycles. The highest BCUT2D eigenvalue weighted by Crippen LogP contribution is 2.09. The molecule has 1 aromatic carbocycles. The van der Waals surface area contributed by atoms with Crippen LogP contribution in [-0.2, 0) is 9.53 Å². The van der Waals surface area contributed by atoms with Crippen LogP contribution in [0.1, 0.15) is 38.1 Å². The molecule has 19 heavy (non-hydrogen) atoms. The van der Waals surface area contributed by atoms with E-state index in [1.54, 1.807) is 39.8 Å². The molecule has 1 aromatic rings. The molecule has 0 fully saturated rings. The van der Waals surface area contributed by atoms with E-state index in [0.29, 0.717) is 5.56 Å². The van der Waals surface area contributed by atoms with Crippen molar-refractivity contribution in [1.82, 2.24) is 5.32 Å². The van der Waals surface area contributed by atoms with Crippen LogP contribution in [0.5, 0.6) is 0 Å². The largest absolute Gasteiger partial charge is 0.458 e. The molecular formula is C14H18INO3. The van der Waals surface area contributed by atoms with Crippen LogP contribution in [0.15, 0.2) is 24.3 Å². The molecule has 1 N–H and O–H groups in total. The fraction of sp³-hybridized carbons (Fsp3) is 0.429. The zero-order chi connectivity index (χ0) is 14.6. The van der Waals surface area contributed by atoms with Gasteiger partial charge in [0.05, 0.1) is 0 Å². The van der Waals surface area contributed by atoms with E-state index in [-0.39, 0.29) is 5.91 Å². The molecule has 0 bridgehead atoms. The first-order valence-electron chi connectivity index (χ1n) is 5.98. The average molecular weight is 375 g/mol. The minimum atomic E-state index is -0.675. The quantitative estimate of drug-likeness (QED) is 0.653. The number of ether oxygens (including phenoxy) is 1. The van der Waals surface area contributed by atoms with Crippen LogP contribution in [0.2, 0.25) is 0 Å². The van der Waals surface area contributed by atoms with Gasteiger partial charge in [-0.05, 0) is 74.6 Å². The number of esters is 1. The Bertz CT molecular complexity index is 463. The van der Waals surface area contributed by atoms with Gasteiger partial charge >= 0.3 is 5.97 Å². The first-order chi connectivity index (χ1) is 8.69. The molecule has 0 unspecified atom stereocenters. The van der Waals surface area contributed by atoms with E-state index in [9.17, 15) is 9.59 Å². The number of benzene rings is 1. The van der Waals surface area contributed by atoms with Crippen LogP contribution in [0.4, 0.5) is 0 Å². The summed E-state index contributed by atoms with van der Waals surface area (Å²) in [6, 6.07) is 6.45. The third-order valence-corrected chi connectivity index (χ3v) is 2.93. The summed E-state index contributed by atoms with van der Waals surface area (Å²) in [5, 5.41) is 2.62. The molecule has 0 saturated heterocycles. The molecule has 0 aliphatic carbocycles. The zero-order valence-electron chi connectivity index (χ0n) is 11.5. The molecule has 1 atom stereocenters. The van der Waals surface area contributed by atoms with E-state index in [1.807, 2.05) is 12.1 Å². The Morgan fingerprint density at radius 2 is 1.74 bits per heavy atom. The zero-order valence-corrected chi connectivity index (χ0v) is 13.6. The van der Waals surface area contributed by atoms with E-state index < -0.39 is 17.6 Å². The summed E-state index contributed by atoms with van der Waals surface area (Å²) in [5.74, 6) is -0.721. The summed E-state index contributed by atoms with van der Waals surface area (Å²) in [5.41, 5.74) is -0.0327. The molecule has 0 aliphatic heterocycles. The molecule has 0 radical (unpaired) electrons. The summed E-state index contributed by atoms with van der Waals surface area (Å²) in [4.78, 5) is 23.7. The van der Waals surface area contributed by atoms with Gasteiger partial charge in [0, 0.05) is 9.13 Å². The Kier molecular flexibility index (Phi) is 5.34. The van der Waals surface area contributed by atoms with Crippen LogP contribution in [0.3, 0.4) is 0 Å². The minimum Gasteiger partial charge on any atom is -0.458 e. The van der Waals surface area contributed by atoms with Crippen LogP contribution >= 0.6 is 22.6 Å². The van der Waals surface area contributed by atoms with Crippen molar-refractivity contribution in [2.75, 3.05) is 0 Å². The third-order valence-electron chi connectivity index (χ3n) is 2.21. The predicted molar refractivity (Wildman–Crippen MR) is 81.9 cm³/mol. The van der Waals surface area contributed by atoms with Crippen molar-refractivity contribution in [3.05, 3.63) is 33.4 Å². The maximum absolute atomic E-state index is 11.9. The van der Waals surface area contributed by atoms with Gasteiger partial charge in [-0.15, -0.1) is 0 Å².